The van der Waals surface area contributed by atoms with Crippen molar-refractivity contribution in [1.29, 1.82) is 0 Å². The molecular formula is C16H17NO2S. The SMILES string of the molecule is COC(=O)c1ccccc1CSc1cc(C)cc(C)n1. The van der Waals surface area contributed by atoms with Gasteiger partial charge in [0, 0.05) is 11.4 Å². The average Bonchev–Trinajstić information content (AvgIpc) is 2.43. The van der Waals surface area contributed by atoms with Crippen LogP contribution in [0.4, 0.5) is 0 Å². The lowest BCUT2D eigenvalue weighted by Gasteiger charge is -2.08. The lowest BCUT2D eigenvalue weighted by Crippen LogP contribution is -2.04. The van der Waals surface area contributed by atoms with Crippen LogP contribution in [0.25, 0.3) is 0 Å². The molecule has 2 aromatic rings. The van der Waals surface area contributed by atoms with Crippen LogP contribution in [0.3, 0.4) is 0 Å². The molecule has 1 heterocycles. The van der Waals surface area contributed by atoms with E-state index in [1.807, 2.05) is 31.2 Å². The Morgan fingerprint density at radius 3 is 2.70 bits per heavy atom. The number of rotatable bonds is 4. The molecule has 20 heavy (non-hydrogen) atoms. The van der Waals surface area contributed by atoms with Crippen molar-refractivity contribution in [3.8, 4) is 0 Å². The van der Waals surface area contributed by atoms with Crippen molar-refractivity contribution in [3.63, 3.8) is 0 Å². The standard InChI is InChI=1S/C16H17NO2S/c1-11-8-12(2)17-15(9-11)20-10-13-6-4-5-7-14(13)16(18)19-3/h4-9H,10H2,1-3H3. The average molecular weight is 287 g/mol. The molecule has 0 spiro atoms. The maximum Gasteiger partial charge on any atom is 0.338 e. The van der Waals surface area contributed by atoms with E-state index in [9.17, 15) is 4.79 Å². The highest BCUT2D eigenvalue weighted by molar-refractivity contribution is 7.98. The van der Waals surface area contributed by atoms with Crippen molar-refractivity contribution in [3.05, 3.63) is 58.8 Å². The van der Waals surface area contributed by atoms with Crippen LogP contribution in [0.5, 0.6) is 0 Å². The van der Waals surface area contributed by atoms with E-state index in [4.69, 9.17) is 4.74 Å². The van der Waals surface area contributed by atoms with Gasteiger partial charge in [-0.05, 0) is 43.2 Å². The summed E-state index contributed by atoms with van der Waals surface area (Å²) in [7, 11) is 1.40. The molecule has 104 valence electrons. The van der Waals surface area contributed by atoms with Crippen molar-refractivity contribution in [2.24, 2.45) is 0 Å². The van der Waals surface area contributed by atoms with Crippen molar-refractivity contribution in [1.82, 2.24) is 4.98 Å². The van der Waals surface area contributed by atoms with Gasteiger partial charge >= 0.3 is 5.97 Å². The van der Waals surface area contributed by atoms with Crippen molar-refractivity contribution in [2.75, 3.05) is 7.11 Å². The number of aryl methyl sites for hydroxylation is 2. The van der Waals surface area contributed by atoms with Gasteiger partial charge in [-0.25, -0.2) is 9.78 Å². The molecule has 0 atom stereocenters. The van der Waals surface area contributed by atoms with Gasteiger partial charge in [-0.15, -0.1) is 11.8 Å². The summed E-state index contributed by atoms with van der Waals surface area (Å²) in [6.45, 7) is 4.04. The number of nitrogens with zero attached hydrogens (tertiary/aromatic N) is 1. The normalized spacial score (nSPS) is 10.3. The van der Waals surface area contributed by atoms with Crippen LogP contribution in [-0.4, -0.2) is 18.1 Å². The number of carbonyl (C=O) groups excluding carboxylic acids is 1. The Morgan fingerprint density at radius 1 is 1.25 bits per heavy atom. The molecule has 0 radical (unpaired) electrons. The van der Waals surface area contributed by atoms with Crippen molar-refractivity contribution in [2.45, 2.75) is 24.6 Å². The Labute approximate surface area is 123 Å². The summed E-state index contributed by atoms with van der Waals surface area (Å²) in [5.74, 6) is 0.399. The van der Waals surface area contributed by atoms with E-state index >= 15 is 0 Å². The van der Waals surface area contributed by atoms with Gasteiger partial charge in [-0.2, -0.15) is 0 Å². The minimum absolute atomic E-state index is 0.297. The van der Waals surface area contributed by atoms with Gasteiger partial charge in [0.15, 0.2) is 0 Å². The highest BCUT2D eigenvalue weighted by Gasteiger charge is 2.11. The Hall–Kier alpha value is -1.81. The number of hydrogen-bond acceptors (Lipinski definition) is 4. The molecule has 0 unspecified atom stereocenters. The molecular weight excluding hydrogens is 270 g/mol. The summed E-state index contributed by atoms with van der Waals surface area (Å²) in [6, 6.07) is 11.6. The summed E-state index contributed by atoms with van der Waals surface area (Å²) in [5, 5.41) is 0.974. The topological polar surface area (TPSA) is 39.2 Å². The zero-order valence-corrected chi connectivity index (χ0v) is 12.7. The van der Waals surface area contributed by atoms with Gasteiger partial charge in [0.1, 0.15) is 0 Å². The molecule has 0 amide bonds. The number of ether oxygens (including phenoxy) is 1. The second kappa shape index (κ2) is 6.57. The molecule has 0 N–H and O–H groups in total. The quantitative estimate of drug-likeness (QED) is 0.634. The van der Waals surface area contributed by atoms with Crippen LogP contribution in [0.15, 0.2) is 41.4 Å². The molecule has 0 aliphatic rings. The molecule has 2 rings (SSSR count). The predicted octanol–water partition coefficient (Wildman–Crippen LogP) is 3.78. The minimum Gasteiger partial charge on any atom is -0.465 e. The number of methoxy groups -OCH3 is 1. The van der Waals surface area contributed by atoms with E-state index in [2.05, 4.69) is 18.0 Å². The zero-order valence-electron chi connectivity index (χ0n) is 11.8. The number of esters is 1. The van der Waals surface area contributed by atoms with Gasteiger partial charge in [0.25, 0.3) is 0 Å². The third-order valence-electron chi connectivity index (χ3n) is 2.87. The smallest absolute Gasteiger partial charge is 0.338 e. The van der Waals surface area contributed by atoms with Gasteiger partial charge in [-0.1, -0.05) is 18.2 Å². The zero-order chi connectivity index (χ0) is 14.5. The molecule has 0 saturated carbocycles. The van der Waals surface area contributed by atoms with Crippen LogP contribution in [0.2, 0.25) is 0 Å². The number of thioether (sulfide) groups is 1. The van der Waals surface area contributed by atoms with E-state index in [1.165, 1.54) is 12.7 Å². The van der Waals surface area contributed by atoms with E-state index in [0.717, 1.165) is 16.3 Å². The fourth-order valence-electron chi connectivity index (χ4n) is 1.99. The Balaban J connectivity index is 2.16. The summed E-state index contributed by atoms with van der Waals surface area (Å²) < 4.78 is 4.80. The van der Waals surface area contributed by atoms with Crippen LogP contribution in [0.1, 0.15) is 27.2 Å². The van der Waals surface area contributed by atoms with Crippen LogP contribution >= 0.6 is 11.8 Å². The summed E-state index contributed by atoms with van der Waals surface area (Å²) >= 11 is 1.63. The summed E-state index contributed by atoms with van der Waals surface area (Å²) in [4.78, 5) is 16.2. The summed E-state index contributed by atoms with van der Waals surface area (Å²) in [6.07, 6.45) is 0. The molecule has 0 bridgehead atoms. The molecule has 0 fully saturated rings. The van der Waals surface area contributed by atoms with Gasteiger partial charge in [0.2, 0.25) is 0 Å². The van der Waals surface area contributed by atoms with E-state index in [-0.39, 0.29) is 5.97 Å². The second-order valence-corrected chi connectivity index (χ2v) is 5.56. The molecule has 1 aromatic heterocycles. The highest BCUT2D eigenvalue weighted by Crippen LogP contribution is 2.24. The Bertz CT molecular complexity index is 605. The molecule has 0 saturated heterocycles. The maximum absolute atomic E-state index is 11.7. The van der Waals surface area contributed by atoms with E-state index in [1.54, 1.807) is 17.8 Å². The van der Waals surface area contributed by atoms with Gasteiger partial charge < -0.3 is 4.74 Å². The third-order valence-corrected chi connectivity index (χ3v) is 3.83. The van der Waals surface area contributed by atoms with Crippen LogP contribution in [-0.2, 0) is 10.5 Å². The van der Waals surface area contributed by atoms with E-state index in [0.29, 0.717) is 11.3 Å². The largest absolute Gasteiger partial charge is 0.465 e. The number of aromatic nitrogens is 1. The second-order valence-electron chi connectivity index (χ2n) is 4.56. The molecule has 1 aromatic carbocycles. The van der Waals surface area contributed by atoms with Crippen molar-refractivity contribution >= 4 is 17.7 Å². The fourth-order valence-corrected chi connectivity index (χ4v) is 3.02. The Morgan fingerprint density at radius 2 is 2.00 bits per heavy atom. The van der Waals surface area contributed by atoms with E-state index < -0.39 is 0 Å². The van der Waals surface area contributed by atoms with Crippen LogP contribution in [0, 0.1) is 13.8 Å². The monoisotopic (exact) mass is 287 g/mol. The molecule has 0 aliphatic carbocycles. The number of benzene rings is 1. The van der Waals surface area contributed by atoms with Gasteiger partial charge in [0.05, 0.1) is 17.7 Å². The first-order valence-corrected chi connectivity index (χ1v) is 7.33. The Kier molecular flexibility index (Phi) is 4.79. The predicted molar refractivity (Wildman–Crippen MR) is 81.1 cm³/mol. The number of hydrogen-bond donors (Lipinski definition) is 0. The first-order chi connectivity index (χ1) is 9.60. The first kappa shape index (κ1) is 14.6. The molecule has 4 heteroatoms. The van der Waals surface area contributed by atoms with Crippen molar-refractivity contribution < 1.29 is 9.53 Å². The van der Waals surface area contributed by atoms with Crippen LogP contribution < -0.4 is 0 Å². The molecule has 3 nitrogen and oxygen atoms in total. The lowest BCUT2D eigenvalue weighted by atomic mass is 10.1. The summed E-state index contributed by atoms with van der Waals surface area (Å²) in [5.41, 5.74) is 3.78. The fraction of sp³-hybridized carbons (Fsp3) is 0.250. The third kappa shape index (κ3) is 3.61. The van der Waals surface area contributed by atoms with Gasteiger partial charge in [-0.3, -0.25) is 0 Å². The minimum atomic E-state index is -0.297. The molecule has 0 aliphatic heterocycles. The first-order valence-electron chi connectivity index (χ1n) is 6.34. The lowest BCUT2D eigenvalue weighted by molar-refractivity contribution is 0.0600. The highest BCUT2D eigenvalue weighted by atomic mass is 32.2. The number of carbonyl (C=O) groups is 1. The number of pyridine rings is 1. The maximum atomic E-state index is 11.7.